The molecular formula is C42H46. The van der Waals surface area contributed by atoms with E-state index in [9.17, 15) is 0 Å². The Balaban J connectivity index is 1.47. The molecule has 0 amide bonds. The van der Waals surface area contributed by atoms with E-state index in [4.69, 9.17) is 0 Å². The van der Waals surface area contributed by atoms with Crippen LogP contribution in [-0.2, 0) is 0 Å². The number of hydrogen-bond acceptors (Lipinski definition) is 0. The van der Waals surface area contributed by atoms with Crippen LogP contribution in [0.3, 0.4) is 0 Å². The molecule has 5 aromatic carbocycles. The zero-order valence-corrected chi connectivity index (χ0v) is 25.4. The van der Waals surface area contributed by atoms with Crippen molar-refractivity contribution in [3.05, 3.63) is 179 Å². The van der Waals surface area contributed by atoms with E-state index in [2.05, 4.69) is 166 Å². The van der Waals surface area contributed by atoms with Crippen molar-refractivity contribution in [2.45, 2.75) is 75.5 Å². The molecule has 0 saturated heterocycles. The number of benzene rings is 5. The predicted molar refractivity (Wildman–Crippen MR) is 180 cm³/mol. The van der Waals surface area contributed by atoms with Crippen LogP contribution in [0.4, 0.5) is 0 Å². The van der Waals surface area contributed by atoms with Crippen molar-refractivity contribution in [3.8, 4) is 0 Å². The fourth-order valence-corrected chi connectivity index (χ4v) is 6.92. The molecule has 0 fully saturated rings. The molecule has 0 radical (unpaired) electrons. The Hall–Kier alpha value is -3.90. The highest BCUT2D eigenvalue weighted by Gasteiger charge is 2.27. The van der Waals surface area contributed by atoms with Crippen molar-refractivity contribution < 1.29 is 0 Å². The quantitative estimate of drug-likeness (QED) is 0.129. The molecule has 0 aliphatic heterocycles. The molecule has 0 bridgehead atoms. The minimum absolute atomic E-state index is 0.470. The Labute approximate surface area is 254 Å². The van der Waals surface area contributed by atoms with Crippen molar-refractivity contribution >= 4 is 0 Å². The van der Waals surface area contributed by atoms with Gasteiger partial charge in [-0.05, 0) is 89.5 Å². The summed E-state index contributed by atoms with van der Waals surface area (Å²) >= 11 is 0. The van der Waals surface area contributed by atoms with Crippen LogP contribution in [0.2, 0.25) is 0 Å². The van der Waals surface area contributed by atoms with Gasteiger partial charge in [0.2, 0.25) is 0 Å². The van der Waals surface area contributed by atoms with E-state index < -0.39 is 0 Å². The molecule has 0 aliphatic rings. The molecular weight excluding hydrogens is 504 g/mol. The average molecular weight is 551 g/mol. The van der Waals surface area contributed by atoms with E-state index in [1.165, 1.54) is 34.2 Å². The largest absolute Gasteiger partial charge is 0.0648 e. The monoisotopic (exact) mass is 550 g/mol. The van der Waals surface area contributed by atoms with Crippen LogP contribution in [-0.4, -0.2) is 0 Å². The summed E-state index contributed by atoms with van der Waals surface area (Å²) in [6.07, 6.45) is 5.78. The molecule has 0 N–H and O–H groups in total. The molecule has 5 rings (SSSR count). The molecule has 0 saturated carbocycles. The van der Waals surface area contributed by atoms with Crippen molar-refractivity contribution in [2.24, 2.45) is 0 Å². The minimum atomic E-state index is 0.470. The van der Waals surface area contributed by atoms with Crippen LogP contribution in [0.5, 0.6) is 0 Å². The summed E-state index contributed by atoms with van der Waals surface area (Å²) in [6, 6.07) is 56.2. The van der Waals surface area contributed by atoms with E-state index in [-0.39, 0.29) is 0 Å². The third kappa shape index (κ3) is 8.10. The lowest BCUT2D eigenvalue weighted by atomic mass is 9.73. The summed E-state index contributed by atoms with van der Waals surface area (Å²) in [5.74, 6) is 2.50. The summed E-state index contributed by atoms with van der Waals surface area (Å²) in [5, 5.41) is 0. The summed E-state index contributed by atoms with van der Waals surface area (Å²) in [4.78, 5) is 0. The first kappa shape index (κ1) is 29.6. The van der Waals surface area contributed by atoms with Crippen LogP contribution in [0, 0.1) is 0 Å². The van der Waals surface area contributed by atoms with Gasteiger partial charge < -0.3 is 0 Å². The van der Waals surface area contributed by atoms with E-state index in [1.54, 1.807) is 0 Å². The Morgan fingerprint density at radius 2 is 0.595 bits per heavy atom. The zero-order chi connectivity index (χ0) is 29.0. The maximum Gasteiger partial charge on any atom is -0.0150 e. The van der Waals surface area contributed by atoms with Gasteiger partial charge in [-0.1, -0.05) is 166 Å². The fourth-order valence-electron chi connectivity index (χ4n) is 6.92. The first-order valence-electron chi connectivity index (χ1n) is 16.0. The molecule has 0 aromatic heterocycles. The van der Waals surface area contributed by atoms with Gasteiger partial charge in [-0.2, -0.15) is 0 Å². The molecule has 0 nitrogen and oxygen atoms in total. The van der Waals surface area contributed by atoms with Crippen molar-refractivity contribution in [1.82, 2.24) is 0 Å². The van der Waals surface area contributed by atoms with Crippen LogP contribution >= 0.6 is 0 Å². The molecule has 5 atom stereocenters. The Kier molecular flexibility index (Phi) is 10.8. The Morgan fingerprint density at radius 3 is 0.929 bits per heavy atom. The summed E-state index contributed by atoms with van der Waals surface area (Å²) in [7, 11) is 0. The smallest absolute Gasteiger partial charge is 0.0150 e. The van der Waals surface area contributed by atoms with Gasteiger partial charge in [0, 0.05) is 0 Å². The van der Waals surface area contributed by atoms with E-state index >= 15 is 0 Å². The normalized spacial score (nSPS) is 14.9. The van der Waals surface area contributed by atoms with Gasteiger partial charge in [0.05, 0.1) is 0 Å². The van der Waals surface area contributed by atoms with Crippen LogP contribution in [0.25, 0.3) is 0 Å². The van der Waals surface area contributed by atoms with E-state index in [0.717, 1.165) is 25.7 Å². The van der Waals surface area contributed by atoms with Gasteiger partial charge in [-0.3, -0.25) is 0 Å². The van der Waals surface area contributed by atoms with Crippen molar-refractivity contribution in [2.75, 3.05) is 0 Å². The molecule has 5 unspecified atom stereocenters. The highest BCUT2D eigenvalue weighted by Crippen LogP contribution is 2.44. The topological polar surface area (TPSA) is 0 Å². The molecule has 42 heavy (non-hydrogen) atoms. The lowest BCUT2D eigenvalue weighted by Gasteiger charge is -2.31. The second-order valence-corrected chi connectivity index (χ2v) is 12.1. The SMILES string of the molecule is CCC(CC(CC(CC(CC(C)c1ccccc1)c1ccccc1)c1ccccc1)c1ccccc1)c1ccccc1. The number of rotatable bonds is 14. The zero-order valence-electron chi connectivity index (χ0n) is 25.4. The second kappa shape index (κ2) is 15.4. The number of hydrogen-bond donors (Lipinski definition) is 0. The lowest BCUT2D eigenvalue weighted by Crippen LogP contribution is -2.15. The van der Waals surface area contributed by atoms with Gasteiger partial charge in [0.25, 0.3) is 0 Å². The van der Waals surface area contributed by atoms with Gasteiger partial charge in [-0.15, -0.1) is 0 Å². The predicted octanol–water partition coefficient (Wildman–Crippen LogP) is 11.9. The highest BCUT2D eigenvalue weighted by molar-refractivity contribution is 5.29. The fraction of sp³-hybridized carbons (Fsp3) is 0.286. The van der Waals surface area contributed by atoms with Crippen LogP contribution in [0.1, 0.15) is 103 Å². The Morgan fingerprint density at radius 1 is 0.333 bits per heavy atom. The standard InChI is InChI=1S/C42H46/c1-3-34(36-21-11-5-12-22-36)30-41(38-25-15-7-16-26-38)32-42(39-27-17-8-18-28-39)31-40(37-23-13-6-14-24-37)29-33(2)35-19-9-4-10-20-35/h4-28,33-34,40-42H,3,29-32H2,1-2H3. The highest BCUT2D eigenvalue weighted by atomic mass is 14.3. The van der Waals surface area contributed by atoms with Crippen LogP contribution in [0.15, 0.2) is 152 Å². The molecule has 5 aromatic rings. The van der Waals surface area contributed by atoms with Crippen molar-refractivity contribution in [3.63, 3.8) is 0 Å². The summed E-state index contributed by atoms with van der Waals surface area (Å²) < 4.78 is 0. The van der Waals surface area contributed by atoms with Gasteiger partial charge in [-0.25, -0.2) is 0 Å². The molecule has 0 aliphatic carbocycles. The second-order valence-electron chi connectivity index (χ2n) is 12.1. The first-order valence-corrected chi connectivity index (χ1v) is 16.0. The van der Waals surface area contributed by atoms with E-state index in [1.807, 2.05) is 0 Å². The summed E-state index contributed by atoms with van der Waals surface area (Å²) in [5.41, 5.74) is 7.32. The maximum absolute atomic E-state index is 2.40. The van der Waals surface area contributed by atoms with E-state index in [0.29, 0.717) is 29.6 Å². The lowest BCUT2D eigenvalue weighted by molar-refractivity contribution is 0.406. The molecule has 214 valence electrons. The third-order valence-electron chi connectivity index (χ3n) is 9.29. The molecule has 0 spiro atoms. The van der Waals surface area contributed by atoms with Gasteiger partial charge in [0.15, 0.2) is 0 Å². The Bertz CT molecular complexity index is 1410. The van der Waals surface area contributed by atoms with Crippen LogP contribution < -0.4 is 0 Å². The maximum atomic E-state index is 2.40. The minimum Gasteiger partial charge on any atom is -0.0648 e. The van der Waals surface area contributed by atoms with Crippen molar-refractivity contribution in [1.29, 1.82) is 0 Å². The molecule has 0 heterocycles. The van der Waals surface area contributed by atoms with Gasteiger partial charge in [0.1, 0.15) is 0 Å². The third-order valence-corrected chi connectivity index (χ3v) is 9.29. The first-order chi connectivity index (χ1) is 20.7. The molecule has 0 heteroatoms. The average Bonchev–Trinajstić information content (AvgIpc) is 3.07. The van der Waals surface area contributed by atoms with Gasteiger partial charge >= 0.3 is 0 Å². The summed E-state index contributed by atoms with van der Waals surface area (Å²) in [6.45, 7) is 4.76.